The number of nitrogens with zero attached hydrogens (tertiary/aromatic N) is 3. The molecule has 90 valence electrons. The lowest BCUT2D eigenvalue weighted by Crippen LogP contribution is -2.40. The fourth-order valence-electron chi connectivity index (χ4n) is 1.15. The van der Waals surface area contributed by atoms with Gasteiger partial charge in [0, 0.05) is 20.1 Å². The van der Waals surface area contributed by atoms with Crippen LogP contribution >= 0.6 is 0 Å². The van der Waals surface area contributed by atoms with Crippen LogP contribution in [0.1, 0.15) is 18.6 Å². The number of hydrogen-bond acceptors (Lipinski definition) is 5. The van der Waals surface area contributed by atoms with Crippen molar-refractivity contribution in [1.29, 1.82) is 0 Å². The molecular weight excluding hydrogens is 210 g/mol. The molecule has 1 rings (SSSR count). The van der Waals surface area contributed by atoms with Crippen LogP contribution in [0.5, 0.6) is 0 Å². The molecule has 0 bridgehead atoms. The minimum Gasteiger partial charge on any atom is -0.383 e. The summed E-state index contributed by atoms with van der Waals surface area (Å²) in [5.41, 5.74) is 5.66. The molecule has 7 nitrogen and oxygen atoms in total. The van der Waals surface area contributed by atoms with Gasteiger partial charge in [-0.05, 0) is 6.92 Å². The summed E-state index contributed by atoms with van der Waals surface area (Å²) in [6.07, 6.45) is 0. The molecule has 0 spiro atoms. The maximum atomic E-state index is 5.66. The summed E-state index contributed by atoms with van der Waals surface area (Å²) in [6, 6.07) is 0.112. The van der Waals surface area contributed by atoms with E-state index in [0.717, 1.165) is 0 Å². The standard InChI is InChI=1S/C9H17N5O2/c1-6(5-15-3)12-9(10)11-4-8-13-7(2)16-14-8/h6H,4-5H2,1-3H3,(H3,10,11,12). The second-order valence-electron chi connectivity index (χ2n) is 3.43. The second-order valence-corrected chi connectivity index (χ2v) is 3.43. The number of aliphatic imine (C=N–C) groups is 1. The molecule has 16 heavy (non-hydrogen) atoms. The number of nitrogens with two attached hydrogens (primary N) is 1. The Bertz CT molecular complexity index is 349. The van der Waals surface area contributed by atoms with Crippen LogP contribution in [0.15, 0.2) is 9.52 Å². The highest BCUT2D eigenvalue weighted by Crippen LogP contribution is 1.96. The highest BCUT2D eigenvalue weighted by Gasteiger charge is 2.03. The van der Waals surface area contributed by atoms with Gasteiger partial charge in [0.05, 0.1) is 6.61 Å². The number of aryl methyl sites for hydroxylation is 1. The Labute approximate surface area is 94.1 Å². The van der Waals surface area contributed by atoms with E-state index in [0.29, 0.717) is 30.8 Å². The second kappa shape index (κ2) is 6.06. The fourth-order valence-corrected chi connectivity index (χ4v) is 1.15. The molecule has 0 aliphatic carbocycles. The van der Waals surface area contributed by atoms with Crippen LogP contribution in [0.4, 0.5) is 0 Å². The monoisotopic (exact) mass is 227 g/mol. The molecule has 1 atom stereocenters. The molecule has 0 amide bonds. The van der Waals surface area contributed by atoms with Crippen LogP contribution in [0, 0.1) is 6.92 Å². The van der Waals surface area contributed by atoms with Crippen molar-refractivity contribution in [2.24, 2.45) is 10.7 Å². The van der Waals surface area contributed by atoms with E-state index in [1.54, 1.807) is 14.0 Å². The van der Waals surface area contributed by atoms with Crippen LogP contribution in [0.25, 0.3) is 0 Å². The first-order valence-corrected chi connectivity index (χ1v) is 4.96. The van der Waals surface area contributed by atoms with Crippen LogP contribution in [-0.4, -0.2) is 35.9 Å². The van der Waals surface area contributed by atoms with Gasteiger partial charge in [0.25, 0.3) is 0 Å². The van der Waals surface area contributed by atoms with Gasteiger partial charge in [0.1, 0.15) is 6.54 Å². The molecule has 0 saturated carbocycles. The smallest absolute Gasteiger partial charge is 0.223 e. The molecular formula is C9H17N5O2. The zero-order chi connectivity index (χ0) is 12.0. The van der Waals surface area contributed by atoms with Gasteiger partial charge in [-0.25, -0.2) is 4.99 Å². The third kappa shape index (κ3) is 4.26. The van der Waals surface area contributed by atoms with E-state index >= 15 is 0 Å². The fraction of sp³-hybridized carbons (Fsp3) is 0.667. The summed E-state index contributed by atoms with van der Waals surface area (Å²) in [7, 11) is 1.63. The van der Waals surface area contributed by atoms with Crippen LogP contribution in [-0.2, 0) is 11.3 Å². The molecule has 0 aromatic carbocycles. The normalized spacial score (nSPS) is 13.8. The number of hydrogen-bond donors (Lipinski definition) is 2. The molecule has 1 unspecified atom stereocenters. The summed E-state index contributed by atoms with van der Waals surface area (Å²) in [5, 5.41) is 6.68. The van der Waals surface area contributed by atoms with E-state index in [-0.39, 0.29) is 6.04 Å². The van der Waals surface area contributed by atoms with Gasteiger partial charge >= 0.3 is 0 Å². The SMILES string of the molecule is COCC(C)NC(N)=NCc1noc(C)n1. The van der Waals surface area contributed by atoms with Crippen molar-refractivity contribution in [2.45, 2.75) is 26.4 Å². The van der Waals surface area contributed by atoms with E-state index in [1.807, 2.05) is 6.92 Å². The first kappa shape index (κ1) is 12.4. The molecule has 0 saturated heterocycles. The number of nitrogens with one attached hydrogen (secondary N) is 1. The first-order valence-electron chi connectivity index (χ1n) is 4.96. The van der Waals surface area contributed by atoms with Crippen LogP contribution in [0.3, 0.4) is 0 Å². The highest BCUT2D eigenvalue weighted by atomic mass is 16.5. The molecule has 7 heteroatoms. The van der Waals surface area contributed by atoms with E-state index in [9.17, 15) is 0 Å². The quantitative estimate of drug-likeness (QED) is 0.534. The lowest BCUT2D eigenvalue weighted by Gasteiger charge is -2.12. The summed E-state index contributed by atoms with van der Waals surface area (Å²) < 4.78 is 9.76. The average Bonchev–Trinajstić information content (AvgIpc) is 2.61. The van der Waals surface area contributed by atoms with Crippen molar-refractivity contribution in [3.05, 3.63) is 11.7 Å². The Kier molecular flexibility index (Phi) is 4.71. The van der Waals surface area contributed by atoms with Gasteiger partial charge in [-0.1, -0.05) is 5.16 Å². The van der Waals surface area contributed by atoms with Gasteiger partial charge in [-0.3, -0.25) is 0 Å². The predicted octanol–water partition coefficient (Wildman–Crippen LogP) is -0.183. The molecule has 1 heterocycles. The molecule has 1 aromatic heterocycles. The molecule has 0 aliphatic rings. The Balaban J connectivity index is 2.39. The van der Waals surface area contributed by atoms with E-state index < -0.39 is 0 Å². The van der Waals surface area contributed by atoms with Crippen molar-refractivity contribution < 1.29 is 9.26 Å². The van der Waals surface area contributed by atoms with Gasteiger partial charge in [-0.15, -0.1) is 0 Å². The molecule has 3 N–H and O–H groups in total. The third-order valence-electron chi connectivity index (χ3n) is 1.77. The van der Waals surface area contributed by atoms with Gasteiger partial charge < -0.3 is 20.3 Å². The van der Waals surface area contributed by atoms with Crippen LogP contribution in [0.2, 0.25) is 0 Å². The first-order chi connectivity index (χ1) is 7.61. The number of aromatic nitrogens is 2. The number of methoxy groups -OCH3 is 1. The average molecular weight is 227 g/mol. The lowest BCUT2D eigenvalue weighted by molar-refractivity contribution is 0.179. The molecule has 0 aliphatic heterocycles. The molecule has 1 aromatic rings. The summed E-state index contributed by atoms with van der Waals surface area (Å²) in [4.78, 5) is 8.08. The van der Waals surface area contributed by atoms with Crippen molar-refractivity contribution >= 4 is 5.96 Å². The Hall–Kier alpha value is -1.63. The van der Waals surface area contributed by atoms with E-state index in [2.05, 4.69) is 20.4 Å². The number of guanidine groups is 1. The van der Waals surface area contributed by atoms with Crippen molar-refractivity contribution in [2.75, 3.05) is 13.7 Å². The zero-order valence-electron chi connectivity index (χ0n) is 9.73. The Morgan fingerprint density at radius 1 is 1.69 bits per heavy atom. The number of rotatable bonds is 5. The predicted molar refractivity (Wildman–Crippen MR) is 58.8 cm³/mol. The zero-order valence-corrected chi connectivity index (χ0v) is 9.73. The van der Waals surface area contributed by atoms with Gasteiger partial charge in [-0.2, -0.15) is 4.98 Å². The summed E-state index contributed by atoms with van der Waals surface area (Å²) in [5.74, 6) is 1.37. The Morgan fingerprint density at radius 3 is 3.00 bits per heavy atom. The van der Waals surface area contributed by atoms with E-state index in [4.69, 9.17) is 15.0 Å². The Morgan fingerprint density at radius 2 is 2.44 bits per heavy atom. The van der Waals surface area contributed by atoms with Gasteiger partial charge in [0.15, 0.2) is 11.8 Å². The highest BCUT2D eigenvalue weighted by molar-refractivity contribution is 5.78. The lowest BCUT2D eigenvalue weighted by atomic mass is 10.4. The summed E-state index contributed by atoms with van der Waals surface area (Å²) >= 11 is 0. The maximum absolute atomic E-state index is 5.66. The molecule has 0 radical (unpaired) electrons. The number of ether oxygens (including phenoxy) is 1. The molecule has 0 fully saturated rings. The van der Waals surface area contributed by atoms with Crippen molar-refractivity contribution in [3.63, 3.8) is 0 Å². The largest absolute Gasteiger partial charge is 0.383 e. The third-order valence-corrected chi connectivity index (χ3v) is 1.77. The minimum atomic E-state index is 0.112. The van der Waals surface area contributed by atoms with Gasteiger partial charge in [0.2, 0.25) is 5.89 Å². The van der Waals surface area contributed by atoms with E-state index in [1.165, 1.54) is 0 Å². The van der Waals surface area contributed by atoms with Crippen molar-refractivity contribution in [1.82, 2.24) is 15.5 Å². The van der Waals surface area contributed by atoms with Crippen molar-refractivity contribution in [3.8, 4) is 0 Å². The maximum Gasteiger partial charge on any atom is 0.223 e. The minimum absolute atomic E-state index is 0.112. The topological polar surface area (TPSA) is 98.6 Å². The van der Waals surface area contributed by atoms with Crippen LogP contribution < -0.4 is 11.1 Å². The summed E-state index contributed by atoms with van der Waals surface area (Å²) in [6.45, 7) is 4.54.